The van der Waals surface area contributed by atoms with Crippen molar-refractivity contribution in [1.82, 2.24) is 9.55 Å². The topological polar surface area (TPSA) is 82.5 Å². The highest BCUT2D eigenvalue weighted by molar-refractivity contribution is 7.99. The van der Waals surface area contributed by atoms with Crippen LogP contribution in [0.5, 0.6) is 11.5 Å². The van der Waals surface area contributed by atoms with E-state index in [1.807, 2.05) is 6.92 Å². The van der Waals surface area contributed by atoms with Gasteiger partial charge in [-0.25, -0.2) is 4.98 Å². The molecule has 0 saturated carbocycles. The minimum absolute atomic E-state index is 0.0710. The van der Waals surface area contributed by atoms with E-state index in [2.05, 4.69) is 10.3 Å². The van der Waals surface area contributed by atoms with E-state index < -0.39 is 0 Å². The van der Waals surface area contributed by atoms with Gasteiger partial charge in [0.1, 0.15) is 11.5 Å². The molecule has 3 aromatic rings. The van der Waals surface area contributed by atoms with Crippen molar-refractivity contribution >= 4 is 23.4 Å². The predicted octanol–water partition coefficient (Wildman–Crippen LogP) is 3.37. The average Bonchev–Trinajstić information content (AvgIpc) is 2.74. The minimum atomic E-state index is -0.279. The zero-order valence-corrected chi connectivity index (χ0v) is 16.9. The van der Waals surface area contributed by atoms with Crippen LogP contribution in [0.3, 0.4) is 0 Å². The molecule has 150 valence electrons. The fourth-order valence-corrected chi connectivity index (χ4v) is 3.27. The Kier molecular flexibility index (Phi) is 6.91. The lowest BCUT2D eigenvalue weighted by Gasteiger charge is -2.09. The Labute approximate surface area is 172 Å². The van der Waals surface area contributed by atoms with Gasteiger partial charge >= 0.3 is 0 Å². The molecule has 3 rings (SSSR count). The van der Waals surface area contributed by atoms with Gasteiger partial charge in [-0.15, -0.1) is 0 Å². The number of amides is 1. The highest BCUT2D eigenvalue weighted by Gasteiger charge is 2.10. The highest BCUT2D eigenvalue weighted by atomic mass is 32.2. The van der Waals surface area contributed by atoms with Crippen LogP contribution in [0.25, 0.3) is 5.69 Å². The monoisotopic (exact) mass is 411 g/mol. The Bertz CT molecular complexity index is 1020. The molecule has 0 spiro atoms. The third-order valence-electron chi connectivity index (χ3n) is 3.95. The predicted molar refractivity (Wildman–Crippen MR) is 113 cm³/mol. The van der Waals surface area contributed by atoms with Gasteiger partial charge in [-0.1, -0.05) is 11.8 Å². The van der Waals surface area contributed by atoms with Gasteiger partial charge in [-0.05, 0) is 55.5 Å². The van der Waals surface area contributed by atoms with Gasteiger partial charge in [-0.3, -0.25) is 14.2 Å². The van der Waals surface area contributed by atoms with Crippen molar-refractivity contribution in [2.75, 3.05) is 24.8 Å². The maximum atomic E-state index is 12.7. The Morgan fingerprint density at radius 2 is 1.79 bits per heavy atom. The van der Waals surface area contributed by atoms with Crippen molar-refractivity contribution in [2.45, 2.75) is 11.9 Å². The second-order valence-electron chi connectivity index (χ2n) is 5.90. The molecule has 0 atom stereocenters. The second kappa shape index (κ2) is 9.79. The van der Waals surface area contributed by atoms with Crippen molar-refractivity contribution in [1.29, 1.82) is 0 Å². The van der Waals surface area contributed by atoms with E-state index in [4.69, 9.17) is 9.47 Å². The fourth-order valence-electron chi connectivity index (χ4n) is 2.57. The summed E-state index contributed by atoms with van der Waals surface area (Å²) in [6.45, 7) is 2.49. The lowest BCUT2D eigenvalue weighted by Crippen LogP contribution is -2.22. The van der Waals surface area contributed by atoms with E-state index in [0.717, 1.165) is 17.5 Å². The van der Waals surface area contributed by atoms with E-state index in [9.17, 15) is 9.59 Å². The summed E-state index contributed by atoms with van der Waals surface area (Å²) < 4.78 is 12.0. The number of rotatable bonds is 8. The largest absolute Gasteiger partial charge is 0.497 e. The SMILES string of the molecule is CCOc1ccc(-n2ccnc(SCC(=O)Nc3ccc(OC)cc3)c2=O)cc1. The smallest absolute Gasteiger partial charge is 0.287 e. The first-order chi connectivity index (χ1) is 14.1. The maximum absolute atomic E-state index is 12.7. The molecule has 1 amide bonds. The number of ether oxygens (including phenoxy) is 2. The first kappa shape index (κ1) is 20.5. The molecule has 7 nitrogen and oxygen atoms in total. The van der Waals surface area contributed by atoms with Gasteiger partial charge in [0, 0.05) is 23.8 Å². The normalized spacial score (nSPS) is 10.4. The fraction of sp³-hybridized carbons (Fsp3) is 0.190. The number of carbonyl (C=O) groups is 1. The Hall–Kier alpha value is -3.26. The van der Waals surface area contributed by atoms with Crippen LogP contribution >= 0.6 is 11.8 Å². The Morgan fingerprint density at radius 1 is 1.10 bits per heavy atom. The van der Waals surface area contributed by atoms with Crippen molar-refractivity contribution in [3.63, 3.8) is 0 Å². The van der Waals surface area contributed by atoms with E-state index in [1.54, 1.807) is 68.0 Å². The zero-order valence-electron chi connectivity index (χ0n) is 16.1. The number of methoxy groups -OCH3 is 1. The van der Waals surface area contributed by atoms with Crippen LogP contribution in [0.15, 0.2) is 70.7 Å². The van der Waals surface area contributed by atoms with Crippen molar-refractivity contribution in [2.24, 2.45) is 0 Å². The number of hydrogen-bond acceptors (Lipinski definition) is 6. The summed E-state index contributed by atoms with van der Waals surface area (Å²) in [6, 6.07) is 14.2. The van der Waals surface area contributed by atoms with Gasteiger partial charge in [0.15, 0.2) is 5.03 Å². The molecule has 2 aromatic carbocycles. The van der Waals surface area contributed by atoms with Crippen LogP contribution in [0, 0.1) is 0 Å². The van der Waals surface area contributed by atoms with E-state index in [0.29, 0.717) is 23.7 Å². The molecule has 29 heavy (non-hydrogen) atoms. The quantitative estimate of drug-likeness (QED) is 0.573. The number of thioether (sulfide) groups is 1. The first-order valence-electron chi connectivity index (χ1n) is 8.98. The lowest BCUT2D eigenvalue weighted by molar-refractivity contribution is -0.113. The van der Waals surface area contributed by atoms with Crippen molar-refractivity contribution in [3.05, 3.63) is 71.3 Å². The summed E-state index contributed by atoms with van der Waals surface area (Å²) >= 11 is 1.10. The third-order valence-corrected chi connectivity index (χ3v) is 4.91. The van der Waals surface area contributed by atoms with Gasteiger partial charge in [-0.2, -0.15) is 0 Å². The van der Waals surface area contributed by atoms with Crippen LogP contribution in [0.2, 0.25) is 0 Å². The van der Waals surface area contributed by atoms with E-state index in [1.165, 1.54) is 4.57 Å². The molecule has 8 heteroatoms. The lowest BCUT2D eigenvalue weighted by atomic mass is 10.3. The molecular formula is C21H21N3O4S. The molecular weight excluding hydrogens is 390 g/mol. The van der Waals surface area contributed by atoms with Crippen LogP contribution < -0.4 is 20.3 Å². The van der Waals surface area contributed by atoms with Gasteiger partial charge in [0.25, 0.3) is 5.56 Å². The number of nitrogens with one attached hydrogen (secondary N) is 1. The molecule has 1 aromatic heterocycles. The van der Waals surface area contributed by atoms with E-state index >= 15 is 0 Å². The standard InChI is InChI=1S/C21H21N3O4S/c1-3-28-18-10-6-16(7-11-18)24-13-12-22-20(21(24)26)29-14-19(25)23-15-4-8-17(27-2)9-5-15/h4-13H,3,14H2,1-2H3,(H,23,25). The molecule has 0 radical (unpaired) electrons. The van der Waals surface area contributed by atoms with Crippen LogP contribution in [0.4, 0.5) is 5.69 Å². The molecule has 0 aliphatic heterocycles. The number of nitrogens with zero attached hydrogens (tertiary/aromatic N) is 2. The summed E-state index contributed by atoms with van der Waals surface area (Å²) in [5, 5.41) is 3.04. The van der Waals surface area contributed by atoms with Crippen molar-refractivity contribution in [3.8, 4) is 17.2 Å². The van der Waals surface area contributed by atoms with E-state index in [-0.39, 0.29) is 22.2 Å². The number of hydrogen-bond donors (Lipinski definition) is 1. The summed E-state index contributed by atoms with van der Waals surface area (Å²) in [4.78, 5) is 29.0. The summed E-state index contributed by atoms with van der Waals surface area (Å²) in [5.41, 5.74) is 1.08. The van der Waals surface area contributed by atoms with Gasteiger partial charge in [0.2, 0.25) is 5.91 Å². The Morgan fingerprint density at radius 3 is 2.45 bits per heavy atom. The number of carbonyl (C=O) groups excluding carboxylic acids is 1. The summed E-state index contributed by atoms with van der Waals surface area (Å²) in [5.74, 6) is 1.29. The van der Waals surface area contributed by atoms with Crippen LogP contribution in [-0.4, -0.2) is 34.9 Å². The van der Waals surface area contributed by atoms with Crippen LogP contribution in [0.1, 0.15) is 6.92 Å². The maximum Gasteiger partial charge on any atom is 0.287 e. The van der Waals surface area contributed by atoms with Crippen molar-refractivity contribution < 1.29 is 14.3 Å². The molecule has 0 aliphatic rings. The first-order valence-corrected chi connectivity index (χ1v) is 9.97. The highest BCUT2D eigenvalue weighted by Crippen LogP contribution is 2.18. The minimum Gasteiger partial charge on any atom is -0.497 e. The Balaban J connectivity index is 1.66. The average molecular weight is 411 g/mol. The molecule has 0 aliphatic carbocycles. The second-order valence-corrected chi connectivity index (χ2v) is 6.86. The van der Waals surface area contributed by atoms with Gasteiger partial charge in [0.05, 0.1) is 19.5 Å². The number of aromatic nitrogens is 2. The molecule has 0 bridgehead atoms. The zero-order chi connectivity index (χ0) is 20.6. The third kappa shape index (κ3) is 5.39. The number of anilines is 1. The summed E-state index contributed by atoms with van der Waals surface area (Å²) in [7, 11) is 1.58. The van der Waals surface area contributed by atoms with Gasteiger partial charge < -0.3 is 14.8 Å². The molecule has 0 fully saturated rings. The number of benzene rings is 2. The molecule has 1 N–H and O–H groups in total. The molecule has 0 saturated heterocycles. The molecule has 0 unspecified atom stereocenters. The van der Waals surface area contributed by atoms with Crippen LogP contribution in [-0.2, 0) is 4.79 Å². The summed E-state index contributed by atoms with van der Waals surface area (Å²) in [6.07, 6.45) is 3.14. The molecule has 1 heterocycles.